The third kappa shape index (κ3) is 3.76. The molecule has 110 valence electrons. The van der Waals surface area contributed by atoms with E-state index in [2.05, 4.69) is 15.0 Å². The molecule has 1 amide bonds. The van der Waals surface area contributed by atoms with Crippen LogP contribution in [0.3, 0.4) is 0 Å². The lowest BCUT2D eigenvalue weighted by molar-refractivity contribution is -0.142. The third-order valence-corrected chi connectivity index (χ3v) is 3.11. The zero-order valence-corrected chi connectivity index (χ0v) is 11.7. The maximum absolute atomic E-state index is 11.9. The second kappa shape index (κ2) is 6.81. The predicted molar refractivity (Wildman–Crippen MR) is 79.6 cm³/mol. The molecular weight excluding hydrogens is 270 g/mol. The number of hydrogen-bond acceptors (Lipinski definition) is 5. The van der Waals surface area contributed by atoms with E-state index in [1.165, 1.54) is 7.11 Å². The van der Waals surface area contributed by atoms with Gasteiger partial charge in [0, 0.05) is 18.0 Å². The molecule has 1 heterocycles. The van der Waals surface area contributed by atoms with Crippen molar-refractivity contribution in [2.24, 2.45) is 5.73 Å². The zero-order valence-electron chi connectivity index (χ0n) is 11.7. The Bertz CT molecular complexity index is 652. The lowest BCUT2D eigenvalue weighted by Crippen LogP contribution is -2.32. The monoisotopic (exact) mass is 287 g/mol. The number of nitrogens with one attached hydrogen (secondary N) is 1. The molecule has 1 aromatic carbocycles. The molecule has 3 N–H and O–H groups in total. The number of aromatic nitrogens is 1. The predicted octanol–water partition coefficient (Wildman–Crippen LogP) is 1.45. The van der Waals surface area contributed by atoms with Gasteiger partial charge in [-0.15, -0.1) is 0 Å². The summed E-state index contributed by atoms with van der Waals surface area (Å²) in [5.41, 5.74) is 7.09. The van der Waals surface area contributed by atoms with E-state index < -0.39 is 12.0 Å². The molecule has 0 bridgehead atoms. The van der Waals surface area contributed by atoms with Crippen LogP contribution in [-0.2, 0) is 14.3 Å². The van der Waals surface area contributed by atoms with Crippen molar-refractivity contribution < 1.29 is 14.3 Å². The Kier molecular flexibility index (Phi) is 4.84. The Labute approximate surface area is 122 Å². The van der Waals surface area contributed by atoms with Gasteiger partial charge in [-0.2, -0.15) is 0 Å². The first-order valence-electron chi connectivity index (χ1n) is 6.59. The number of hydrogen-bond donors (Lipinski definition) is 2. The maximum Gasteiger partial charge on any atom is 0.322 e. The fraction of sp³-hybridized carbons (Fsp3) is 0.267. The zero-order chi connectivity index (χ0) is 15.2. The van der Waals surface area contributed by atoms with Crippen LogP contribution in [0.2, 0.25) is 0 Å². The molecule has 0 spiro atoms. The maximum atomic E-state index is 11.9. The van der Waals surface area contributed by atoms with Crippen LogP contribution in [0, 0.1) is 0 Å². The lowest BCUT2D eigenvalue weighted by atomic mass is 10.1. The lowest BCUT2D eigenvalue weighted by Gasteiger charge is -2.10. The number of methoxy groups -OCH3 is 1. The molecule has 2 rings (SSSR count). The SMILES string of the molecule is COC(=O)[C@@H](N)CCC(=O)Nc1cccc2ncccc12. The number of esters is 1. The van der Waals surface area contributed by atoms with E-state index >= 15 is 0 Å². The molecule has 1 atom stereocenters. The highest BCUT2D eigenvalue weighted by atomic mass is 16.5. The highest BCUT2D eigenvalue weighted by Crippen LogP contribution is 2.21. The summed E-state index contributed by atoms with van der Waals surface area (Å²) >= 11 is 0. The average Bonchev–Trinajstić information content (AvgIpc) is 2.52. The molecule has 0 saturated heterocycles. The molecule has 0 aliphatic rings. The summed E-state index contributed by atoms with van der Waals surface area (Å²) in [7, 11) is 1.27. The Balaban J connectivity index is 2.00. The minimum atomic E-state index is -0.782. The van der Waals surface area contributed by atoms with Crippen LogP contribution in [-0.4, -0.2) is 30.0 Å². The van der Waals surface area contributed by atoms with Crippen molar-refractivity contribution >= 4 is 28.5 Å². The standard InChI is InChI=1S/C15H17N3O3/c1-21-15(20)11(16)7-8-14(19)18-13-6-2-5-12-10(13)4-3-9-17-12/h2-6,9,11H,7-8,16H2,1H3,(H,18,19)/t11-/m0/s1. The number of rotatable bonds is 5. The molecule has 0 unspecified atom stereocenters. The van der Waals surface area contributed by atoms with E-state index in [0.29, 0.717) is 5.69 Å². The number of carbonyl (C=O) groups excluding carboxylic acids is 2. The Morgan fingerprint density at radius 1 is 1.33 bits per heavy atom. The molecule has 2 aromatic rings. The summed E-state index contributed by atoms with van der Waals surface area (Å²) in [4.78, 5) is 27.3. The van der Waals surface area contributed by atoms with Crippen molar-refractivity contribution in [1.82, 2.24) is 4.98 Å². The van der Waals surface area contributed by atoms with Crippen molar-refractivity contribution in [3.63, 3.8) is 0 Å². The minimum absolute atomic E-state index is 0.146. The number of anilines is 1. The van der Waals surface area contributed by atoms with Gasteiger partial charge in [0.05, 0.1) is 18.3 Å². The largest absolute Gasteiger partial charge is 0.468 e. The first-order chi connectivity index (χ1) is 10.1. The van der Waals surface area contributed by atoms with Crippen LogP contribution in [0.1, 0.15) is 12.8 Å². The Morgan fingerprint density at radius 2 is 2.14 bits per heavy atom. The average molecular weight is 287 g/mol. The Hall–Kier alpha value is -2.47. The van der Waals surface area contributed by atoms with Gasteiger partial charge in [-0.1, -0.05) is 6.07 Å². The number of ether oxygens (including phenoxy) is 1. The number of fused-ring (bicyclic) bond motifs is 1. The van der Waals surface area contributed by atoms with Crippen molar-refractivity contribution in [2.75, 3.05) is 12.4 Å². The summed E-state index contributed by atoms with van der Waals surface area (Å²) < 4.78 is 4.52. The van der Waals surface area contributed by atoms with E-state index in [1.54, 1.807) is 6.20 Å². The summed E-state index contributed by atoms with van der Waals surface area (Å²) in [6, 6.07) is 8.42. The van der Waals surface area contributed by atoms with Crippen molar-refractivity contribution in [3.8, 4) is 0 Å². The van der Waals surface area contributed by atoms with E-state index in [0.717, 1.165) is 10.9 Å². The third-order valence-electron chi connectivity index (χ3n) is 3.11. The molecule has 0 radical (unpaired) electrons. The van der Waals surface area contributed by atoms with E-state index in [-0.39, 0.29) is 18.7 Å². The van der Waals surface area contributed by atoms with E-state index in [4.69, 9.17) is 5.73 Å². The van der Waals surface area contributed by atoms with Crippen LogP contribution in [0.5, 0.6) is 0 Å². The van der Waals surface area contributed by atoms with Crippen LogP contribution >= 0.6 is 0 Å². The van der Waals surface area contributed by atoms with Gasteiger partial charge in [-0.25, -0.2) is 0 Å². The van der Waals surface area contributed by atoms with Gasteiger partial charge < -0.3 is 15.8 Å². The number of nitrogens with zero attached hydrogens (tertiary/aromatic N) is 1. The first-order valence-corrected chi connectivity index (χ1v) is 6.59. The van der Waals surface area contributed by atoms with Crippen LogP contribution in [0.4, 0.5) is 5.69 Å². The van der Waals surface area contributed by atoms with Gasteiger partial charge in [-0.05, 0) is 30.7 Å². The van der Waals surface area contributed by atoms with Gasteiger partial charge >= 0.3 is 5.97 Å². The second-order valence-electron chi connectivity index (χ2n) is 4.59. The minimum Gasteiger partial charge on any atom is -0.468 e. The van der Waals surface area contributed by atoms with Gasteiger partial charge in [0.15, 0.2) is 0 Å². The molecule has 6 heteroatoms. The summed E-state index contributed by atoms with van der Waals surface area (Å²) in [5, 5.41) is 3.68. The highest BCUT2D eigenvalue weighted by molar-refractivity contribution is 6.01. The molecule has 1 aromatic heterocycles. The number of benzene rings is 1. The highest BCUT2D eigenvalue weighted by Gasteiger charge is 2.15. The van der Waals surface area contributed by atoms with Crippen molar-refractivity contribution in [3.05, 3.63) is 36.5 Å². The van der Waals surface area contributed by atoms with Gasteiger partial charge in [0.1, 0.15) is 6.04 Å². The fourth-order valence-corrected chi connectivity index (χ4v) is 1.98. The first kappa shape index (κ1) is 14.9. The smallest absolute Gasteiger partial charge is 0.322 e. The molecule has 21 heavy (non-hydrogen) atoms. The number of carbonyl (C=O) groups is 2. The van der Waals surface area contributed by atoms with Crippen LogP contribution in [0.25, 0.3) is 10.9 Å². The fourth-order valence-electron chi connectivity index (χ4n) is 1.98. The van der Waals surface area contributed by atoms with Crippen LogP contribution in [0.15, 0.2) is 36.5 Å². The molecular formula is C15H17N3O3. The van der Waals surface area contributed by atoms with Gasteiger partial charge in [0.2, 0.25) is 5.91 Å². The van der Waals surface area contributed by atoms with E-state index in [9.17, 15) is 9.59 Å². The Morgan fingerprint density at radius 3 is 2.90 bits per heavy atom. The summed E-state index contributed by atoms with van der Waals surface area (Å²) in [5.74, 6) is -0.720. The number of nitrogens with two attached hydrogens (primary N) is 1. The summed E-state index contributed by atoms with van der Waals surface area (Å²) in [6.45, 7) is 0. The van der Waals surface area contributed by atoms with Crippen molar-refractivity contribution in [2.45, 2.75) is 18.9 Å². The van der Waals surface area contributed by atoms with Gasteiger partial charge in [-0.3, -0.25) is 14.6 Å². The molecule has 0 aliphatic heterocycles. The summed E-state index contributed by atoms with van der Waals surface area (Å²) in [6.07, 6.45) is 2.08. The van der Waals surface area contributed by atoms with Crippen LogP contribution < -0.4 is 11.1 Å². The normalized spacial score (nSPS) is 11.9. The topological polar surface area (TPSA) is 94.3 Å². The quantitative estimate of drug-likeness (QED) is 0.812. The van der Waals surface area contributed by atoms with E-state index in [1.807, 2.05) is 30.3 Å². The second-order valence-corrected chi connectivity index (χ2v) is 4.59. The number of pyridine rings is 1. The molecule has 0 aliphatic carbocycles. The van der Waals surface area contributed by atoms with Crippen molar-refractivity contribution in [1.29, 1.82) is 0 Å². The molecule has 0 saturated carbocycles. The molecule has 0 fully saturated rings. The number of amides is 1. The molecule has 6 nitrogen and oxygen atoms in total. The van der Waals surface area contributed by atoms with Gasteiger partial charge in [0.25, 0.3) is 0 Å².